The molecule has 2 rings (SSSR count). The van der Waals surface area contributed by atoms with Crippen LogP contribution in [0.2, 0.25) is 0 Å². The lowest BCUT2D eigenvalue weighted by Gasteiger charge is -2.24. The van der Waals surface area contributed by atoms with Gasteiger partial charge < -0.3 is 4.90 Å². The summed E-state index contributed by atoms with van der Waals surface area (Å²) < 4.78 is 0. The van der Waals surface area contributed by atoms with Gasteiger partial charge in [-0.2, -0.15) is 0 Å². The molecule has 0 saturated carbocycles. The third-order valence-electron chi connectivity index (χ3n) is 4.37. The molecule has 2 aromatic rings. The monoisotopic (exact) mass is 281 g/mol. The van der Waals surface area contributed by atoms with E-state index in [0.29, 0.717) is 12.0 Å². The van der Waals surface area contributed by atoms with E-state index in [4.69, 9.17) is 0 Å². The minimum absolute atomic E-state index is 0.572. The van der Waals surface area contributed by atoms with Gasteiger partial charge in [0, 0.05) is 6.04 Å². The highest BCUT2D eigenvalue weighted by molar-refractivity contribution is 5.67. The largest absolute Gasteiger partial charge is 0.304 e. The third-order valence-corrected chi connectivity index (χ3v) is 4.37. The molecular weight excluding hydrogens is 254 g/mol. The average molecular weight is 281 g/mol. The lowest BCUT2D eigenvalue weighted by atomic mass is 9.89. The standard InChI is InChI=1S/C20H27N/c1-16(2)21(4)15-14-17(3)19-12-8-9-13-20(19)18-10-6-5-7-11-18/h5-13,16-17H,14-15H2,1-4H3. The van der Waals surface area contributed by atoms with Crippen LogP contribution >= 0.6 is 0 Å². The second kappa shape index (κ2) is 7.42. The van der Waals surface area contributed by atoms with E-state index in [2.05, 4.69) is 87.3 Å². The summed E-state index contributed by atoms with van der Waals surface area (Å²) in [5, 5.41) is 0. The van der Waals surface area contributed by atoms with Crippen LogP contribution in [0.25, 0.3) is 11.1 Å². The molecule has 1 unspecified atom stereocenters. The first-order chi connectivity index (χ1) is 10.1. The minimum Gasteiger partial charge on any atom is -0.304 e. The Balaban J connectivity index is 2.16. The Morgan fingerprint density at radius 1 is 0.857 bits per heavy atom. The molecule has 0 N–H and O–H groups in total. The summed E-state index contributed by atoms with van der Waals surface area (Å²) in [6, 6.07) is 20.1. The van der Waals surface area contributed by atoms with Crippen LogP contribution < -0.4 is 0 Å². The second-order valence-electron chi connectivity index (χ2n) is 6.22. The van der Waals surface area contributed by atoms with Crippen LogP contribution in [-0.4, -0.2) is 24.5 Å². The summed E-state index contributed by atoms with van der Waals surface area (Å²) in [6.45, 7) is 7.99. The Kier molecular flexibility index (Phi) is 5.58. The number of hydrogen-bond donors (Lipinski definition) is 0. The maximum atomic E-state index is 2.42. The molecule has 0 spiro atoms. The first kappa shape index (κ1) is 15.8. The summed E-state index contributed by atoms with van der Waals surface area (Å²) in [5.74, 6) is 0.572. The normalized spacial score (nSPS) is 12.9. The predicted octanol–water partition coefficient (Wildman–Crippen LogP) is 5.19. The van der Waals surface area contributed by atoms with Gasteiger partial charge in [0.15, 0.2) is 0 Å². The molecule has 0 saturated heterocycles. The van der Waals surface area contributed by atoms with E-state index in [1.807, 2.05) is 0 Å². The van der Waals surface area contributed by atoms with Gasteiger partial charge in [-0.05, 0) is 56.5 Å². The summed E-state index contributed by atoms with van der Waals surface area (Å²) in [5.41, 5.74) is 4.15. The minimum atomic E-state index is 0.572. The highest BCUT2D eigenvalue weighted by Gasteiger charge is 2.13. The summed E-state index contributed by atoms with van der Waals surface area (Å²) in [6.07, 6.45) is 1.19. The van der Waals surface area contributed by atoms with Crippen molar-refractivity contribution in [1.82, 2.24) is 4.90 Å². The van der Waals surface area contributed by atoms with Gasteiger partial charge in [0.05, 0.1) is 0 Å². The SMILES string of the molecule is CC(CCN(C)C(C)C)c1ccccc1-c1ccccc1. The van der Waals surface area contributed by atoms with Crippen LogP contribution in [0.4, 0.5) is 0 Å². The van der Waals surface area contributed by atoms with Gasteiger partial charge in [-0.25, -0.2) is 0 Å². The van der Waals surface area contributed by atoms with Crippen LogP contribution in [0.3, 0.4) is 0 Å². The van der Waals surface area contributed by atoms with Gasteiger partial charge in [-0.1, -0.05) is 61.5 Å². The average Bonchev–Trinajstić information content (AvgIpc) is 2.53. The molecule has 0 bridgehead atoms. The predicted molar refractivity (Wildman–Crippen MR) is 92.7 cm³/mol. The molecule has 0 amide bonds. The van der Waals surface area contributed by atoms with Gasteiger partial charge in [0.25, 0.3) is 0 Å². The molecule has 0 aliphatic heterocycles. The Morgan fingerprint density at radius 3 is 2.14 bits per heavy atom. The van der Waals surface area contributed by atoms with E-state index in [-0.39, 0.29) is 0 Å². The smallest absolute Gasteiger partial charge is 0.00355 e. The molecule has 1 heteroatoms. The number of rotatable bonds is 6. The van der Waals surface area contributed by atoms with Gasteiger partial charge in [0.1, 0.15) is 0 Å². The van der Waals surface area contributed by atoms with E-state index in [1.165, 1.54) is 23.1 Å². The highest BCUT2D eigenvalue weighted by atomic mass is 15.1. The van der Waals surface area contributed by atoms with Crippen molar-refractivity contribution in [2.24, 2.45) is 0 Å². The zero-order valence-electron chi connectivity index (χ0n) is 13.7. The molecule has 0 aliphatic carbocycles. The van der Waals surface area contributed by atoms with Crippen molar-refractivity contribution >= 4 is 0 Å². The lowest BCUT2D eigenvalue weighted by Crippen LogP contribution is -2.28. The molecule has 0 heterocycles. The molecule has 1 atom stereocenters. The quantitative estimate of drug-likeness (QED) is 0.704. The van der Waals surface area contributed by atoms with E-state index in [0.717, 1.165) is 6.54 Å². The summed E-state index contributed by atoms with van der Waals surface area (Å²) in [7, 11) is 2.21. The zero-order valence-corrected chi connectivity index (χ0v) is 13.7. The highest BCUT2D eigenvalue weighted by Crippen LogP contribution is 2.30. The van der Waals surface area contributed by atoms with Crippen LogP contribution in [-0.2, 0) is 0 Å². The first-order valence-corrected chi connectivity index (χ1v) is 7.94. The van der Waals surface area contributed by atoms with E-state index < -0.39 is 0 Å². The Hall–Kier alpha value is -1.60. The van der Waals surface area contributed by atoms with E-state index >= 15 is 0 Å². The van der Waals surface area contributed by atoms with Crippen molar-refractivity contribution in [2.45, 2.75) is 39.2 Å². The maximum absolute atomic E-state index is 2.42. The molecular formula is C20H27N. The topological polar surface area (TPSA) is 3.24 Å². The fraction of sp³-hybridized carbons (Fsp3) is 0.400. The van der Waals surface area contributed by atoms with Crippen molar-refractivity contribution in [2.75, 3.05) is 13.6 Å². The zero-order chi connectivity index (χ0) is 15.2. The number of benzene rings is 2. The summed E-state index contributed by atoms with van der Waals surface area (Å²) in [4.78, 5) is 2.42. The summed E-state index contributed by atoms with van der Waals surface area (Å²) >= 11 is 0. The van der Waals surface area contributed by atoms with Crippen LogP contribution in [0.5, 0.6) is 0 Å². The number of nitrogens with zero attached hydrogens (tertiary/aromatic N) is 1. The fourth-order valence-electron chi connectivity index (χ4n) is 2.62. The molecule has 1 nitrogen and oxygen atoms in total. The molecule has 0 radical (unpaired) electrons. The fourth-order valence-corrected chi connectivity index (χ4v) is 2.62. The third kappa shape index (κ3) is 4.18. The molecule has 0 aromatic heterocycles. The van der Waals surface area contributed by atoms with Crippen molar-refractivity contribution in [1.29, 1.82) is 0 Å². The van der Waals surface area contributed by atoms with Gasteiger partial charge in [-0.3, -0.25) is 0 Å². The molecule has 2 aromatic carbocycles. The maximum Gasteiger partial charge on any atom is 0.00355 e. The second-order valence-corrected chi connectivity index (χ2v) is 6.22. The van der Waals surface area contributed by atoms with Crippen molar-refractivity contribution in [3.05, 3.63) is 60.2 Å². The lowest BCUT2D eigenvalue weighted by molar-refractivity contribution is 0.265. The Labute approximate surface area is 129 Å². The van der Waals surface area contributed by atoms with Crippen molar-refractivity contribution in [3.63, 3.8) is 0 Å². The van der Waals surface area contributed by atoms with Crippen molar-refractivity contribution < 1.29 is 0 Å². The van der Waals surface area contributed by atoms with Crippen LogP contribution in [0.15, 0.2) is 54.6 Å². The molecule has 21 heavy (non-hydrogen) atoms. The first-order valence-electron chi connectivity index (χ1n) is 7.94. The Bertz CT molecular complexity index is 545. The van der Waals surface area contributed by atoms with Gasteiger partial charge in [0.2, 0.25) is 0 Å². The Morgan fingerprint density at radius 2 is 1.48 bits per heavy atom. The van der Waals surface area contributed by atoms with Gasteiger partial charge >= 0.3 is 0 Å². The van der Waals surface area contributed by atoms with Crippen molar-refractivity contribution in [3.8, 4) is 11.1 Å². The van der Waals surface area contributed by atoms with E-state index in [9.17, 15) is 0 Å². The van der Waals surface area contributed by atoms with E-state index in [1.54, 1.807) is 0 Å². The molecule has 112 valence electrons. The van der Waals surface area contributed by atoms with Gasteiger partial charge in [-0.15, -0.1) is 0 Å². The molecule has 0 aliphatic rings. The number of hydrogen-bond acceptors (Lipinski definition) is 1. The van der Waals surface area contributed by atoms with Crippen LogP contribution in [0, 0.1) is 0 Å². The van der Waals surface area contributed by atoms with Crippen LogP contribution in [0.1, 0.15) is 38.7 Å². The molecule has 0 fully saturated rings.